The van der Waals surface area contributed by atoms with Gasteiger partial charge in [0.05, 0.1) is 5.56 Å². The monoisotopic (exact) mass is 277 g/mol. The third-order valence-corrected chi connectivity index (χ3v) is 3.45. The molecule has 0 spiro atoms. The molecule has 0 atom stereocenters. The summed E-state index contributed by atoms with van der Waals surface area (Å²) in [6.45, 7) is 0.592. The second-order valence-corrected chi connectivity index (χ2v) is 4.89. The van der Waals surface area contributed by atoms with Crippen LogP contribution in [0.2, 0.25) is 0 Å². The number of hydrogen-bond acceptors (Lipinski definition) is 2. The van der Waals surface area contributed by atoms with Crippen LogP contribution >= 0.6 is 0 Å². The van der Waals surface area contributed by atoms with Crippen molar-refractivity contribution in [1.82, 2.24) is 0 Å². The number of rotatable bonds is 4. The molecule has 0 aliphatic heterocycles. The van der Waals surface area contributed by atoms with Crippen molar-refractivity contribution in [3.63, 3.8) is 0 Å². The van der Waals surface area contributed by atoms with Crippen LogP contribution in [0.25, 0.3) is 10.8 Å². The first-order chi connectivity index (χ1) is 10.2. The van der Waals surface area contributed by atoms with Crippen LogP contribution in [0.15, 0.2) is 66.7 Å². The van der Waals surface area contributed by atoms with Crippen LogP contribution in [-0.4, -0.2) is 11.1 Å². The highest BCUT2D eigenvalue weighted by atomic mass is 16.4. The molecule has 21 heavy (non-hydrogen) atoms. The lowest BCUT2D eigenvalue weighted by atomic mass is 10.1. The van der Waals surface area contributed by atoms with Gasteiger partial charge in [-0.2, -0.15) is 0 Å². The molecule has 3 aromatic rings. The molecule has 3 rings (SSSR count). The van der Waals surface area contributed by atoms with Gasteiger partial charge in [0, 0.05) is 12.2 Å². The topological polar surface area (TPSA) is 49.3 Å². The predicted molar refractivity (Wildman–Crippen MR) is 84.7 cm³/mol. The van der Waals surface area contributed by atoms with E-state index in [-0.39, 0.29) is 0 Å². The van der Waals surface area contributed by atoms with E-state index in [2.05, 4.69) is 35.6 Å². The van der Waals surface area contributed by atoms with E-state index in [9.17, 15) is 4.79 Å². The number of fused-ring (bicyclic) bond motifs is 1. The zero-order valence-corrected chi connectivity index (χ0v) is 11.4. The van der Waals surface area contributed by atoms with Crippen LogP contribution in [0.5, 0.6) is 0 Å². The van der Waals surface area contributed by atoms with Gasteiger partial charge >= 0.3 is 5.97 Å². The van der Waals surface area contributed by atoms with Crippen molar-refractivity contribution in [3.8, 4) is 0 Å². The molecule has 0 saturated heterocycles. The van der Waals surface area contributed by atoms with Crippen LogP contribution < -0.4 is 5.32 Å². The van der Waals surface area contributed by atoms with Gasteiger partial charge in [0.25, 0.3) is 0 Å². The number of anilines is 1. The Morgan fingerprint density at radius 3 is 2.43 bits per heavy atom. The highest BCUT2D eigenvalue weighted by Gasteiger charge is 2.08. The van der Waals surface area contributed by atoms with Crippen LogP contribution in [0.4, 0.5) is 5.69 Å². The highest BCUT2D eigenvalue weighted by molar-refractivity contribution is 5.94. The Balaban J connectivity index is 1.82. The van der Waals surface area contributed by atoms with Crippen molar-refractivity contribution < 1.29 is 9.90 Å². The minimum atomic E-state index is -0.920. The maximum atomic E-state index is 11.2. The number of benzene rings is 3. The quantitative estimate of drug-likeness (QED) is 0.753. The Labute approximate surface area is 122 Å². The van der Waals surface area contributed by atoms with E-state index >= 15 is 0 Å². The van der Waals surface area contributed by atoms with Crippen LogP contribution in [0.3, 0.4) is 0 Å². The van der Waals surface area contributed by atoms with Crippen molar-refractivity contribution in [2.45, 2.75) is 6.54 Å². The molecule has 104 valence electrons. The summed E-state index contributed by atoms with van der Waals surface area (Å²) in [6, 6.07) is 21.4. The zero-order valence-electron chi connectivity index (χ0n) is 11.4. The van der Waals surface area contributed by atoms with E-state index in [0.29, 0.717) is 17.8 Å². The fraction of sp³-hybridized carbons (Fsp3) is 0.0556. The molecule has 0 heterocycles. The molecule has 0 aliphatic carbocycles. The summed E-state index contributed by atoms with van der Waals surface area (Å²) in [4.78, 5) is 11.2. The van der Waals surface area contributed by atoms with Crippen LogP contribution in [0.1, 0.15) is 15.9 Å². The molecule has 2 N–H and O–H groups in total. The molecular weight excluding hydrogens is 262 g/mol. The Hall–Kier alpha value is -2.81. The minimum absolute atomic E-state index is 0.290. The fourth-order valence-electron chi connectivity index (χ4n) is 2.37. The largest absolute Gasteiger partial charge is 0.478 e. The van der Waals surface area contributed by atoms with Gasteiger partial charge in [0.15, 0.2) is 0 Å². The third-order valence-electron chi connectivity index (χ3n) is 3.45. The maximum Gasteiger partial charge on any atom is 0.337 e. The summed E-state index contributed by atoms with van der Waals surface area (Å²) >= 11 is 0. The van der Waals surface area contributed by atoms with Gasteiger partial charge in [-0.3, -0.25) is 0 Å². The number of carboxylic acids is 1. The first-order valence-electron chi connectivity index (χ1n) is 6.78. The molecule has 0 radical (unpaired) electrons. The average Bonchev–Trinajstić information content (AvgIpc) is 2.53. The highest BCUT2D eigenvalue weighted by Crippen LogP contribution is 2.19. The molecular formula is C18H15NO2. The lowest BCUT2D eigenvalue weighted by Crippen LogP contribution is -2.06. The lowest BCUT2D eigenvalue weighted by molar-refractivity contribution is 0.0698. The molecule has 0 bridgehead atoms. The lowest BCUT2D eigenvalue weighted by Gasteiger charge is -2.10. The Kier molecular flexibility index (Phi) is 3.56. The van der Waals surface area contributed by atoms with Gasteiger partial charge < -0.3 is 10.4 Å². The Bertz CT molecular complexity index is 796. The first-order valence-corrected chi connectivity index (χ1v) is 6.78. The number of aromatic carboxylic acids is 1. The standard InChI is InChI=1S/C18H15NO2/c20-18(21)16-7-3-4-8-17(16)19-12-13-9-10-14-5-1-2-6-15(14)11-13/h1-11,19H,12H2,(H,20,21). The summed E-state index contributed by atoms with van der Waals surface area (Å²) in [6.07, 6.45) is 0. The van der Waals surface area contributed by atoms with E-state index in [1.165, 1.54) is 10.8 Å². The van der Waals surface area contributed by atoms with Gasteiger partial charge in [0.1, 0.15) is 0 Å². The van der Waals surface area contributed by atoms with Crippen LogP contribution in [-0.2, 0) is 6.54 Å². The second-order valence-electron chi connectivity index (χ2n) is 4.89. The zero-order chi connectivity index (χ0) is 14.7. The van der Waals surface area contributed by atoms with E-state index in [1.807, 2.05) is 18.2 Å². The fourth-order valence-corrected chi connectivity index (χ4v) is 2.37. The Morgan fingerprint density at radius 2 is 1.62 bits per heavy atom. The van der Waals surface area contributed by atoms with Gasteiger partial charge in [-0.25, -0.2) is 4.79 Å². The van der Waals surface area contributed by atoms with Gasteiger partial charge in [-0.1, -0.05) is 48.5 Å². The minimum Gasteiger partial charge on any atom is -0.478 e. The molecule has 0 unspecified atom stereocenters. The molecule has 0 amide bonds. The third kappa shape index (κ3) is 2.87. The summed E-state index contributed by atoms with van der Waals surface area (Å²) in [7, 11) is 0. The summed E-state index contributed by atoms with van der Waals surface area (Å²) in [5.74, 6) is -0.920. The van der Waals surface area contributed by atoms with E-state index in [1.54, 1.807) is 18.2 Å². The van der Waals surface area contributed by atoms with Crippen molar-refractivity contribution in [2.75, 3.05) is 5.32 Å². The van der Waals surface area contributed by atoms with E-state index in [0.717, 1.165) is 5.56 Å². The number of carboxylic acid groups (broad SMARTS) is 1. The van der Waals surface area contributed by atoms with Gasteiger partial charge in [-0.05, 0) is 34.5 Å². The van der Waals surface area contributed by atoms with Gasteiger partial charge in [0.2, 0.25) is 0 Å². The first kappa shape index (κ1) is 13.2. The number of hydrogen-bond donors (Lipinski definition) is 2. The summed E-state index contributed by atoms with van der Waals surface area (Å²) < 4.78 is 0. The molecule has 0 aromatic heterocycles. The van der Waals surface area contributed by atoms with Crippen molar-refractivity contribution in [2.24, 2.45) is 0 Å². The molecule has 3 nitrogen and oxygen atoms in total. The van der Waals surface area contributed by atoms with Crippen molar-refractivity contribution in [3.05, 3.63) is 77.9 Å². The summed E-state index contributed by atoms with van der Waals surface area (Å²) in [5.41, 5.74) is 2.05. The number of nitrogens with one attached hydrogen (secondary N) is 1. The number of carbonyl (C=O) groups is 1. The molecule has 0 fully saturated rings. The smallest absolute Gasteiger partial charge is 0.337 e. The summed E-state index contributed by atoms with van der Waals surface area (Å²) in [5, 5.41) is 14.7. The molecule has 0 saturated carbocycles. The molecule has 3 heteroatoms. The van der Waals surface area contributed by atoms with E-state index in [4.69, 9.17) is 5.11 Å². The second kappa shape index (κ2) is 5.67. The van der Waals surface area contributed by atoms with Crippen LogP contribution in [0, 0.1) is 0 Å². The van der Waals surface area contributed by atoms with Crippen molar-refractivity contribution >= 4 is 22.4 Å². The predicted octanol–water partition coefficient (Wildman–Crippen LogP) is 4.15. The maximum absolute atomic E-state index is 11.2. The normalized spacial score (nSPS) is 10.5. The molecule has 0 aliphatic rings. The van der Waals surface area contributed by atoms with E-state index < -0.39 is 5.97 Å². The Morgan fingerprint density at radius 1 is 0.905 bits per heavy atom. The van der Waals surface area contributed by atoms with Crippen molar-refractivity contribution in [1.29, 1.82) is 0 Å². The SMILES string of the molecule is O=C(O)c1ccccc1NCc1ccc2ccccc2c1. The average molecular weight is 277 g/mol. The molecule has 3 aromatic carbocycles. The van der Waals surface area contributed by atoms with Gasteiger partial charge in [-0.15, -0.1) is 0 Å². The number of para-hydroxylation sites is 1.